The Labute approximate surface area is 71.5 Å². The normalized spacial score (nSPS) is 31.6. The molecule has 2 atom stereocenters. The number of amides is 1. The summed E-state index contributed by atoms with van der Waals surface area (Å²) in [5, 5.41) is 11.9. The second kappa shape index (κ2) is 3.84. The Kier molecular flexibility index (Phi) is 3.02. The average Bonchev–Trinajstić information content (AvgIpc) is 2.08. The van der Waals surface area contributed by atoms with Crippen molar-refractivity contribution in [3.8, 4) is 0 Å². The van der Waals surface area contributed by atoms with Crippen LogP contribution in [0.1, 0.15) is 13.3 Å². The number of nitrogens with one attached hydrogen (secondary N) is 1. The van der Waals surface area contributed by atoms with Gasteiger partial charge in [-0.05, 0) is 25.4 Å². The number of rotatable bonds is 1. The van der Waals surface area contributed by atoms with Crippen LogP contribution in [0.4, 0.5) is 0 Å². The van der Waals surface area contributed by atoms with E-state index in [0.717, 1.165) is 11.5 Å². The minimum absolute atomic E-state index is 0.233. The third-order valence-electron chi connectivity index (χ3n) is 2.40. The van der Waals surface area contributed by atoms with Gasteiger partial charge in [-0.2, -0.15) is 0 Å². The summed E-state index contributed by atoms with van der Waals surface area (Å²) in [6.45, 7) is 2.76. The summed E-state index contributed by atoms with van der Waals surface area (Å²) in [5.74, 6) is 4.76. The van der Waals surface area contributed by atoms with Crippen molar-refractivity contribution in [1.29, 1.82) is 0 Å². The summed E-state index contributed by atoms with van der Waals surface area (Å²) in [4.78, 5) is 11.1. The number of hydroxylamine groups is 2. The molecule has 1 aliphatic rings. The standard InChI is InChI=1S/C7H14N3O2/c1-5-2-3-10(12)4-6(5)7(11)9-8/h5-6H,2-4,8H2,1H3,(H,9,11)/q-1. The maximum Gasteiger partial charge on any atom is 0.238 e. The summed E-state index contributed by atoms with van der Waals surface area (Å²) in [6, 6.07) is 0. The number of nitrogens with zero attached hydrogens (tertiary/aromatic N) is 1. The average molecular weight is 172 g/mol. The summed E-state index contributed by atoms with van der Waals surface area (Å²) in [7, 11) is 0. The molecule has 0 radical (unpaired) electrons. The molecule has 70 valence electrons. The minimum Gasteiger partial charge on any atom is -0.785 e. The number of piperidine rings is 1. The number of hydrogen-bond donors (Lipinski definition) is 2. The molecule has 1 saturated heterocycles. The quantitative estimate of drug-likeness (QED) is 0.315. The van der Waals surface area contributed by atoms with E-state index in [1.165, 1.54) is 0 Å². The lowest BCUT2D eigenvalue weighted by molar-refractivity contribution is -0.128. The second-order valence-corrected chi connectivity index (χ2v) is 3.27. The van der Waals surface area contributed by atoms with Gasteiger partial charge >= 0.3 is 0 Å². The van der Waals surface area contributed by atoms with Gasteiger partial charge in [0.25, 0.3) is 0 Å². The molecule has 1 heterocycles. The van der Waals surface area contributed by atoms with Crippen LogP contribution >= 0.6 is 0 Å². The van der Waals surface area contributed by atoms with Crippen LogP contribution in [0, 0.1) is 17.0 Å². The lowest BCUT2D eigenvalue weighted by Gasteiger charge is -2.39. The number of carbonyl (C=O) groups is 1. The van der Waals surface area contributed by atoms with Crippen LogP contribution in [0.5, 0.6) is 0 Å². The van der Waals surface area contributed by atoms with Crippen LogP contribution in [0.3, 0.4) is 0 Å². The largest absolute Gasteiger partial charge is 0.785 e. The van der Waals surface area contributed by atoms with E-state index in [4.69, 9.17) is 5.84 Å². The maximum atomic E-state index is 11.1. The van der Waals surface area contributed by atoms with Crippen molar-refractivity contribution < 1.29 is 4.79 Å². The minimum atomic E-state index is -0.249. The number of hydrogen-bond acceptors (Lipinski definition) is 4. The molecule has 1 amide bonds. The molecule has 5 nitrogen and oxygen atoms in total. The molecule has 0 aromatic rings. The highest BCUT2D eigenvalue weighted by molar-refractivity contribution is 5.78. The lowest BCUT2D eigenvalue weighted by atomic mass is 9.87. The molecule has 0 aromatic heterocycles. The van der Waals surface area contributed by atoms with Crippen LogP contribution in [-0.2, 0) is 4.79 Å². The van der Waals surface area contributed by atoms with Crippen molar-refractivity contribution >= 4 is 5.91 Å². The molecule has 0 bridgehead atoms. The molecule has 0 aromatic carbocycles. The molecule has 1 aliphatic heterocycles. The number of nitrogens with two attached hydrogens (primary N) is 1. The van der Waals surface area contributed by atoms with E-state index >= 15 is 0 Å². The van der Waals surface area contributed by atoms with Crippen LogP contribution in [0.15, 0.2) is 0 Å². The van der Waals surface area contributed by atoms with Crippen molar-refractivity contribution in [2.45, 2.75) is 13.3 Å². The van der Waals surface area contributed by atoms with E-state index in [9.17, 15) is 10.0 Å². The van der Waals surface area contributed by atoms with E-state index < -0.39 is 0 Å². The Morgan fingerprint density at radius 1 is 1.75 bits per heavy atom. The third kappa shape index (κ3) is 1.94. The van der Waals surface area contributed by atoms with Gasteiger partial charge in [0.1, 0.15) is 0 Å². The first-order valence-electron chi connectivity index (χ1n) is 4.07. The molecule has 0 aliphatic carbocycles. The van der Waals surface area contributed by atoms with Gasteiger partial charge < -0.3 is 10.3 Å². The van der Waals surface area contributed by atoms with Crippen LogP contribution in [0.25, 0.3) is 0 Å². The van der Waals surface area contributed by atoms with Gasteiger partial charge in [0, 0.05) is 0 Å². The van der Waals surface area contributed by atoms with Gasteiger partial charge in [-0.15, -0.1) is 0 Å². The Morgan fingerprint density at radius 2 is 2.42 bits per heavy atom. The smallest absolute Gasteiger partial charge is 0.238 e. The van der Waals surface area contributed by atoms with Gasteiger partial charge in [0.2, 0.25) is 5.91 Å². The number of hydrazine groups is 1. The van der Waals surface area contributed by atoms with E-state index in [0.29, 0.717) is 6.54 Å². The molecule has 3 N–H and O–H groups in total. The Bertz CT molecular complexity index is 174. The van der Waals surface area contributed by atoms with Gasteiger partial charge in [-0.25, -0.2) is 5.84 Å². The van der Waals surface area contributed by atoms with E-state index in [1.807, 2.05) is 6.92 Å². The fourth-order valence-electron chi connectivity index (χ4n) is 1.49. The summed E-state index contributed by atoms with van der Waals surface area (Å²) < 4.78 is 0. The first kappa shape index (κ1) is 9.44. The van der Waals surface area contributed by atoms with Crippen molar-refractivity contribution in [1.82, 2.24) is 10.5 Å². The van der Waals surface area contributed by atoms with Gasteiger partial charge in [0.15, 0.2) is 0 Å². The molecule has 5 heteroatoms. The molecular weight excluding hydrogens is 158 g/mol. The monoisotopic (exact) mass is 172 g/mol. The highest BCUT2D eigenvalue weighted by Crippen LogP contribution is 2.22. The molecule has 12 heavy (non-hydrogen) atoms. The zero-order valence-electron chi connectivity index (χ0n) is 7.12. The maximum absolute atomic E-state index is 11.1. The van der Waals surface area contributed by atoms with Gasteiger partial charge in [-0.1, -0.05) is 6.92 Å². The predicted molar refractivity (Wildman–Crippen MR) is 44.5 cm³/mol. The lowest BCUT2D eigenvalue weighted by Crippen LogP contribution is -2.46. The molecule has 2 unspecified atom stereocenters. The first-order valence-corrected chi connectivity index (χ1v) is 4.07. The summed E-state index contributed by atoms with van der Waals surface area (Å²) in [6.07, 6.45) is 0.765. The van der Waals surface area contributed by atoms with Crippen molar-refractivity contribution in [3.05, 3.63) is 5.21 Å². The van der Waals surface area contributed by atoms with Crippen LogP contribution in [0.2, 0.25) is 0 Å². The highest BCUT2D eigenvalue weighted by Gasteiger charge is 2.27. The van der Waals surface area contributed by atoms with Crippen molar-refractivity contribution in [2.75, 3.05) is 13.1 Å². The van der Waals surface area contributed by atoms with E-state index in [-0.39, 0.29) is 24.3 Å². The van der Waals surface area contributed by atoms with Crippen LogP contribution in [-0.4, -0.2) is 24.1 Å². The fraction of sp³-hybridized carbons (Fsp3) is 0.857. The number of carbonyl (C=O) groups excluding carboxylic acids is 1. The van der Waals surface area contributed by atoms with Gasteiger partial charge in [-0.3, -0.25) is 10.2 Å². The van der Waals surface area contributed by atoms with E-state index in [2.05, 4.69) is 5.43 Å². The third-order valence-corrected chi connectivity index (χ3v) is 2.40. The molecule has 0 spiro atoms. The molecule has 1 fully saturated rings. The van der Waals surface area contributed by atoms with Crippen molar-refractivity contribution in [2.24, 2.45) is 17.7 Å². The predicted octanol–water partition coefficient (Wildman–Crippen LogP) is -0.568. The Balaban J connectivity index is 2.54. The Hall–Kier alpha value is -0.650. The molecule has 0 saturated carbocycles. The zero-order valence-corrected chi connectivity index (χ0v) is 7.12. The van der Waals surface area contributed by atoms with E-state index in [1.54, 1.807) is 0 Å². The summed E-state index contributed by atoms with van der Waals surface area (Å²) in [5.41, 5.74) is 2.08. The molecular formula is C7H14N3O2-. The second-order valence-electron chi connectivity index (χ2n) is 3.27. The SMILES string of the molecule is CC1CCN([O-])CC1C(=O)NN. The fourth-order valence-corrected chi connectivity index (χ4v) is 1.49. The van der Waals surface area contributed by atoms with Crippen molar-refractivity contribution in [3.63, 3.8) is 0 Å². The molecule has 1 rings (SSSR count). The highest BCUT2D eigenvalue weighted by atomic mass is 16.5. The first-order chi connectivity index (χ1) is 5.65. The summed E-state index contributed by atoms with van der Waals surface area (Å²) >= 11 is 0. The van der Waals surface area contributed by atoms with Gasteiger partial charge in [0.05, 0.1) is 5.92 Å². The zero-order chi connectivity index (χ0) is 9.14. The Morgan fingerprint density at radius 3 is 3.00 bits per heavy atom. The topological polar surface area (TPSA) is 81.4 Å². The van der Waals surface area contributed by atoms with Crippen LogP contribution < -0.4 is 11.3 Å².